The molecule has 2 heterocycles. The van der Waals surface area contributed by atoms with Crippen LogP contribution in [0.5, 0.6) is 0 Å². The number of carbonyl (C=O) groups is 1. The number of hydrogen-bond donors (Lipinski definition) is 3. The van der Waals surface area contributed by atoms with Crippen LogP contribution < -0.4 is 20.9 Å². The topological polar surface area (TPSA) is 81.6 Å². The van der Waals surface area contributed by atoms with Crippen LogP contribution in [-0.4, -0.2) is 49.1 Å². The molecule has 0 saturated carbocycles. The fraction of sp³-hybridized carbons (Fsp3) is 0.435. The highest BCUT2D eigenvalue weighted by Gasteiger charge is 2.23. The number of halogens is 1. The van der Waals surface area contributed by atoms with Gasteiger partial charge in [-0.1, -0.05) is 23.8 Å². The van der Waals surface area contributed by atoms with Crippen LogP contribution >= 0.6 is 24.0 Å². The highest BCUT2D eigenvalue weighted by atomic mass is 127. The van der Waals surface area contributed by atoms with Gasteiger partial charge in [0.2, 0.25) is 5.91 Å². The summed E-state index contributed by atoms with van der Waals surface area (Å²) in [7, 11) is 0. The van der Waals surface area contributed by atoms with E-state index in [2.05, 4.69) is 62.0 Å². The van der Waals surface area contributed by atoms with Crippen molar-refractivity contribution in [3.63, 3.8) is 0 Å². The second-order valence-electron chi connectivity index (χ2n) is 7.63. The van der Waals surface area contributed by atoms with Gasteiger partial charge in [-0.05, 0) is 51.5 Å². The van der Waals surface area contributed by atoms with Gasteiger partial charge in [0.1, 0.15) is 5.82 Å². The van der Waals surface area contributed by atoms with Crippen molar-refractivity contribution in [2.24, 2.45) is 4.99 Å². The normalized spacial score (nSPS) is 15.9. The van der Waals surface area contributed by atoms with Crippen molar-refractivity contribution >= 4 is 47.3 Å². The monoisotopic (exact) mass is 536 g/mol. The maximum atomic E-state index is 12.2. The second kappa shape index (κ2) is 12.5. The summed E-state index contributed by atoms with van der Waals surface area (Å²) in [6, 6.07) is 14.6. The molecule has 168 valence electrons. The van der Waals surface area contributed by atoms with Crippen LogP contribution in [0.3, 0.4) is 0 Å². The molecule has 2 aromatic rings. The second-order valence-corrected chi connectivity index (χ2v) is 7.63. The molecule has 0 spiro atoms. The number of anilines is 2. The number of benzene rings is 1. The molecule has 0 aliphatic carbocycles. The third-order valence-electron chi connectivity index (χ3n) is 5.04. The molecule has 1 aromatic carbocycles. The molecule has 1 atom stereocenters. The highest BCUT2D eigenvalue weighted by molar-refractivity contribution is 14.0. The summed E-state index contributed by atoms with van der Waals surface area (Å²) < 4.78 is 0. The van der Waals surface area contributed by atoms with Crippen molar-refractivity contribution in [3.05, 3.63) is 53.7 Å². The predicted octanol–water partition coefficient (Wildman–Crippen LogP) is 3.48. The van der Waals surface area contributed by atoms with Crippen molar-refractivity contribution in [2.45, 2.75) is 39.7 Å². The minimum atomic E-state index is -0.0842. The van der Waals surface area contributed by atoms with Crippen LogP contribution in [0.25, 0.3) is 0 Å². The number of aromatic nitrogens is 1. The Balaban J connectivity index is 0.00000341. The fourth-order valence-corrected chi connectivity index (χ4v) is 3.47. The average Bonchev–Trinajstić information content (AvgIpc) is 3.17. The molecule has 3 N–H and O–H groups in total. The van der Waals surface area contributed by atoms with Crippen molar-refractivity contribution in [2.75, 3.05) is 36.4 Å². The van der Waals surface area contributed by atoms with E-state index >= 15 is 0 Å². The number of carbonyl (C=O) groups excluding carboxylic acids is 1. The molecule has 1 saturated heterocycles. The van der Waals surface area contributed by atoms with Crippen LogP contribution in [0.15, 0.2) is 47.5 Å². The van der Waals surface area contributed by atoms with Gasteiger partial charge in [0.15, 0.2) is 5.96 Å². The smallest absolute Gasteiger partial charge is 0.227 e. The first-order chi connectivity index (χ1) is 14.5. The molecule has 1 aliphatic rings. The molecule has 0 bridgehead atoms. The predicted molar refractivity (Wildman–Crippen MR) is 139 cm³/mol. The van der Waals surface area contributed by atoms with Crippen LogP contribution in [0.4, 0.5) is 11.5 Å². The third-order valence-corrected chi connectivity index (χ3v) is 5.04. The number of amides is 1. The quantitative estimate of drug-likeness (QED) is 0.287. The summed E-state index contributed by atoms with van der Waals surface area (Å²) in [4.78, 5) is 23.4. The van der Waals surface area contributed by atoms with Gasteiger partial charge in [-0.3, -0.25) is 9.79 Å². The molecular formula is C23H33IN6O. The van der Waals surface area contributed by atoms with Gasteiger partial charge < -0.3 is 20.9 Å². The SMILES string of the molecule is CCNC(=NCCC(=O)Nc1cccc(C)n1)NC1CCN(c2ccc(C)cc2)C1.I. The van der Waals surface area contributed by atoms with Gasteiger partial charge >= 0.3 is 0 Å². The Kier molecular flexibility index (Phi) is 10.0. The summed E-state index contributed by atoms with van der Waals surface area (Å²) in [5.41, 5.74) is 3.41. The summed E-state index contributed by atoms with van der Waals surface area (Å²) >= 11 is 0. The number of pyridine rings is 1. The first-order valence-corrected chi connectivity index (χ1v) is 10.6. The van der Waals surface area contributed by atoms with E-state index in [9.17, 15) is 4.79 Å². The van der Waals surface area contributed by atoms with Crippen molar-refractivity contribution in [1.82, 2.24) is 15.6 Å². The van der Waals surface area contributed by atoms with Crippen molar-refractivity contribution in [3.8, 4) is 0 Å². The number of nitrogens with one attached hydrogen (secondary N) is 3. The lowest BCUT2D eigenvalue weighted by Crippen LogP contribution is -2.44. The molecule has 3 rings (SSSR count). The van der Waals surface area contributed by atoms with E-state index in [1.165, 1.54) is 11.3 Å². The number of aliphatic imine (C=N–C) groups is 1. The summed E-state index contributed by atoms with van der Waals surface area (Å²) in [5.74, 6) is 1.25. The lowest BCUT2D eigenvalue weighted by molar-refractivity contribution is -0.116. The first kappa shape index (κ1) is 24.9. The molecule has 31 heavy (non-hydrogen) atoms. The van der Waals surface area contributed by atoms with Crippen LogP contribution in [0, 0.1) is 13.8 Å². The molecule has 7 nitrogen and oxygen atoms in total. The van der Waals surface area contributed by atoms with E-state index in [1.807, 2.05) is 26.0 Å². The molecule has 1 aromatic heterocycles. The zero-order chi connectivity index (χ0) is 21.3. The summed E-state index contributed by atoms with van der Waals surface area (Å²) in [6.45, 7) is 9.20. The third kappa shape index (κ3) is 8.01. The van der Waals surface area contributed by atoms with Crippen LogP contribution in [-0.2, 0) is 4.79 Å². The molecule has 1 fully saturated rings. The maximum Gasteiger partial charge on any atom is 0.227 e. The Hall–Kier alpha value is -2.36. The van der Waals surface area contributed by atoms with E-state index in [1.54, 1.807) is 6.07 Å². The van der Waals surface area contributed by atoms with Crippen LogP contribution in [0.1, 0.15) is 31.0 Å². The lowest BCUT2D eigenvalue weighted by atomic mass is 10.2. The fourth-order valence-electron chi connectivity index (χ4n) is 3.47. The minimum Gasteiger partial charge on any atom is -0.369 e. The molecule has 8 heteroatoms. The van der Waals surface area contributed by atoms with E-state index in [0.717, 1.165) is 37.7 Å². The maximum absolute atomic E-state index is 12.2. The van der Waals surface area contributed by atoms with E-state index in [-0.39, 0.29) is 29.9 Å². The van der Waals surface area contributed by atoms with E-state index < -0.39 is 0 Å². The average molecular weight is 536 g/mol. The van der Waals surface area contributed by atoms with E-state index in [4.69, 9.17) is 0 Å². The summed E-state index contributed by atoms with van der Waals surface area (Å²) in [6.07, 6.45) is 1.37. The number of hydrogen-bond acceptors (Lipinski definition) is 4. The van der Waals surface area contributed by atoms with Gasteiger partial charge in [-0.2, -0.15) is 0 Å². The number of nitrogens with zero attached hydrogens (tertiary/aromatic N) is 3. The Morgan fingerprint density at radius 3 is 2.68 bits per heavy atom. The van der Waals surface area contributed by atoms with Gasteiger partial charge in [-0.25, -0.2) is 4.98 Å². The van der Waals surface area contributed by atoms with Crippen molar-refractivity contribution in [1.29, 1.82) is 0 Å². The molecule has 1 unspecified atom stereocenters. The first-order valence-electron chi connectivity index (χ1n) is 10.6. The Morgan fingerprint density at radius 1 is 1.19 bits per heavy atom. The largest absolute Gasteiger partial charge is 0.369 e. The molecule has 1 aliphatic heterocycles. The van der Waals surface area contributed by atoms with Crippen molar-refractivity contribution < 1.29 is 4.79 Å². The number of aryl methyl sites for hydroxylation is 2. The number of rotatable bonds is 7. The van der Waals surface area contributed by atoms with Crippen LogP contribution in [0.2, 0.25) is 0 Å². The van der Waals surface area contributed by atoms with Gasteiger partial charge in [0, 0.05) is 43.5 Å². The zero-order valence-corrected chi connectivity index (χ0v) is 20.8. The molecule has 0 radical (unpaired) electrons. The highest BCUT2D eigenvalue weighted by Crippen LogP contribution is 2.20. The lowest BCUT2D eigenvalue weighted by Gasteiger charge is -2.20. The molecule has 1 amide bonds. The van der Waals surface area contributed by atoms with E-state index in [0.29, 0.717) is 24.8 Å². The molecular weight excluding hydrogens is 503 g/mol. The standard InChI is InChI=1S/C23H32N6O.HI/c1-4-24-23(25-14-12-22(30)28-21-7-5-6-18(3)26-21)27-19-13-15-29(16-19)20-10-8-17(2)9-11-20;/h5-11,19H,4,12-16H2,1-3H3,(H2,24,25,27)(H,26,28,30);1H. The van der Waals surface area contributed by atoms with Gasteiger partial charge in [0.05, 0.1) is 6.54 Å². The van der Waals surface area contributed by atoms with Gasteiger partial charge in [0.25, 0.3) is 0 Å². The Labute approximate surface area is 202 Å². The zero-order valence-electron chi connectivity index (χ0n) is 18.5. The Morgan fingerprint density at radius 2 is 1.97 bits per heavy atom. The minimum absolute atomic E-state index is 0. The van der Waals surface area contributed by atoms with Gasteiger partial charge in [-0.15, -0.1) is 24.0 Å². The number of guanidine groups is 1. The Bertz CT molecular complexity index is 871. The summed E-state index contributed by atoms with van der Waals surface area (Å²) in [5, 5.41) is 9.61.